The lowest BCUT2D eigenvalue weighted by molar-refractivity contribution is 0.174. The lowest BCUT2D eigenvalue weighted by atomic mass is 10.2. The van der Waals surface area contributed by atoms with Crippen LogP contribution in [0, 0.1) is 11.6 Å². The molecule has 2 aromatic rings. The molecule has 1 heterocycles. The number of thiocarbonyl (C=S) groups is 1. The quantitative estimate of drug-likeness (QED) is 0.841. The molecule has 1 aliphatic rings. The Bertz CT molecular complexity index is 740. The number of hydrogen-bond acceptors (Lipinski definition) is 3. The number of hydrogen-bond donors (Lipinski definition) is 2. The number of ether oxygens (including phenoxy) is 2. The van der Waals surface area contributed by atoms with Crippen molar-refractivity contribution in [3.8, 4) is 11.5 Å². The highest BCUT2D eigenvalue weighted by molar-refractivity contribution is 7.80. The van der Waals surface area contributed by atoms with Crippen LogP contribution >= 0.6 is 12.2 Å². The Labute approximate surface area is 137 Å². The molecule has 7 heteroatoms. The third-order valence-electron chi connectivity index (χ3n) is 3.34. The summed E-state index contributed by atoms with van der Waals surface area (Å²) >= 11 is 5.13. The van der Waals surface area contributed by atoms with Crippen LogP contribution < -0.4 is 20.1 Å². The van der Waals surface area contributed by atoms with Crippen LogP contribution in [0.1, 0.15) is 11.1 Å². The minimum absolute atomic E-state index is 0.108. The van der Waals surface area contributed by atoms with Crippen molar-refractivity contribution >= 4 is 17.3 Å². The van der Waals surface area contributed by atoms with Gasteiger partial charge < -0.3 is 20.1 Å². The molecular formula is C16H14F2N2O2S. The van der Waals surface area contributed by atoms with E-state index in [9.17, 15) is 8.78 Å². The van der Waals surface area contributed by atoms with Crippen LogP contribution in [0.5, 0.6) is 11.5 Å². The van der Waals surface area contributed by atoms with E-state index < -0.39 is 11.6 Å². The summed E-state index contributed by atoms with van der Waals surface area (Å²) in [5.74, 6) is 0.459. The smallest absolute Gasteiger partial charge is 0.231 e. The lowest BCUT2D eigenvalue weighted by Crippen LogP contribution is -2.34. The number of rotatable bonds is 4. The summed E-state index contributed by atoms with van der Waals surface area (Å²) in [5.41, 5.74) is 1.19. The van der Waals surface area contributed by atoms with Gasteiger partial charge in [-0.2, -0.15) is 0 Å². The summed E-state index contributed by atoms with van der Waals surface area (Å²) in [7, 11) is 0. The predicted molar refractivity (Wildman–Crippen MR) is 85.2 cm³/mol. The molecule has 2 N–H and O–H groups in total. The summed E-state index contributed by atoms with van der Waals surface area (Å²) in [4.78, 5) is 0. The second-order valence-corrected chi connectivity index (χ2v) is 5.37. The lowest BCUT2D eigenvalue weighted by Gasteiger charge is -2.11. The summed E-state index contributed by atoms with van der Waals surface area (Å²) in [5, 5.41) is 6.20. The molecule has 0 aromatic heterocycles. The fourth-order valence-corrected chi connectivity index (χ4v) is 2.29. The summed E-state index contributed by atoms with van der Waals surface area (Å²) < 4.78 is 37.1. The van der Waals surface area contributed by atoms with Crippen LogP contribution in [0.25, 0.3) is 0 Å². The molecule has 0 spiro atoms. The maximum atomic E-state index is 13.5. The van der Waals surface area contributed by atoms with Crippen molar-refractivity contribution in [2.45, 2.75) is 13.1 Å². The van der Waals surface area contributed by atoms with Gasteiger partial charge in [0.2, 0.25) is 6.79 Å². The Kier molecular flexibility index (Phi) is 4.57. The van der Waals surface area contributed by atoms with Crippen LogP contribution in [-0.2, 0) is 13.1 Å². The van der Waals surface area contributed by atoms with Crippen LogP contribution in [0.4, 0.5) is 8.78 Å². The molecule has 120 valence electrons. The van der Waals surface area contributed by atoms with Crippen molar-refractivity contribution in [2.75, 3.05) is 6.79 Å². The zero-order chi connectivity index (χ0) is 16.2. The first-order valence-corrected chi connectivity index (χ1v) is 7.37. The molecule has 23 heavy (non-hydrogen) atoms. The van der Waals surface area contributed by atoms with Gasteiger partial charge in [-0.1, -0.05) is 6.07 Å². The van der Waals surface area contributed by atoms with E-state index in [4.69, 9.17) is 21.7 Å². The van der Waals surface area contributed by atoms with Gasteiger partial charge in [0.1, 0.15) is 11.6 Å². The van der Waals surface area contributed by atoms with E-state index in [-0.39, 0.29) is 18.9 Å². The standard InChI is InChI=1S/C16H14F2N2O2S/c17-12-2-3-13(18)11(6-12)8-20-16(23)19-7-10-1-4-14-15(5-10)22-9-21-14/h1-6H,7-9H2,(H2,19,20,23). The van der Waals surface area contributed by atoms with E-state index in [0.717, 1.165) is 29.5 Å². The molecule has 0 atom stereocenters. The number of fused-ring (bicyclic) bond motifs is 1. The average molecular weight is 336 g/mol. The molecule has 0 saturated heterocycles. The third kappa shape index (κ3) is 3.87. The van der Waals surface area contributed by atoms with E-state index in [1.807, 2.05) is 18.2 Å². The number of benzene rings is 2. The van der Waals surface area contributed by atoms with E-state index in [2.05, 4.69) is 10.6 Å². The Hall–Kier alpha value is -2.41. The Morgan fingerprint density at radius 3 is 2.65 bits per heavy atom. The topological polar surface area (TPSA) is 42.5 Å². The minimum atomic E-state index is -0.484. The first-order chi connectivity index (χ1) is 11.1. The molecule has 0 fully saturated rings. The minimum Gasteiger partial charge on any atom is -0.454 e. The molecule has 0 aliphatic carbocycles. The molecule has 3 rings (SSSR count). The molecule has 1 aliphatic heterocycles. The fourth-order valence-electron chi connectivity index (χ4n) is 2.15. The van der Waals surface area contributed by atoms with Crippen molar-refractivity contribution in [2.24, 2.45) is 0 Å². The summed E-state index contributed by atoms with van der Waals surface area (Å²) in [6.45, 7) is 0.816. The highest BCUT2D eigenvalue weighted by atomic mass is 32.1. The molecule has 0 bridgehead atoms. The average Bonchev–Trinajstić information content (AvgIpc) is 3.01. The monoisotopic (exact) mass is 336 g/mol. The van der Waals surface area contributed by atoms with Crippen LogP contribution in [0.15, 0.2) is 36.4 Å². The van der Waals surface area contributed by atoms with Gasteiger partial charge >= 0.3 is 0 Å². The summed E-state index contributed by atoms with van der Waals surface area (Å²) in [6, 6.07) is 8.91. The molecule has 2 aromatic carbocycles. The van der Waals surface area contributed by atoms with E-state index in [0.29, 0.717) is 17.4 Å². The zero-order valence-corrected chi connectivity index (χ0v) is 12.9. The largest absolute Gasteiger partial charge is 0.454 e. The third-order valence-corrected chi connectivity index (χ3v) is 3.63. The molecule has 0 radical (unpaired) electrons. The molecular weight excluding hydrogens is 322 g/mol. The van der Waals surface area contributed by atoms with Gasteiger partial charge in [-0.15, -0.1) is 0 Å². The maximum Gasteiger partial charge on any atom is 0.231 e. The fraction of sp³-hybridized carbons (Fsp3) is 0.188. The van der Waals surface area contributed by atoms with Gasteiger partial charge in [0.05, 0.1) is 0 Å². The van der Waals surface area contributed by atoms with E-state index >= 15 is 0 Å². The van der Waals surface area contributed by atoms with Gasteiger partial charge in [0.25, 0.3) is 0 Å². The summed E-state index contributed by atoms with van der Waals surface area (Å²) in [6.07, 6.45) is 0. The first-order valence-electron chi connectivity index (χ1n) is 6.96. The van der Waals surface area contributed by atoms with Gasteiger partial charge in [0, 0.05) is 18.7 Å². The molecule has 0 unspecified atom stereocenters. The molecule has 0 amide bonds. The predicted octanol–water partition coefficient (Wildman–Crippen LogP) is 2.86. The molecule has 4 nitrogen and oxygen atoms in total. The Morgan fingerprint density at radius 1 is 1.00 bits per heavy atom. The Morgan fingerprint density at radius 2 is 1.78 bits per heavy atom. The highest BCUT2D eigenvalue weighted by Crippen LogP contribution is 2.32. The first kappa shape index (κ1) is 15.5. The second kappa shape index (κ2) is 6.78. The normalized spacial score (nSPS) is 12.1. The molecule has 0 saturated carbocycles. The van der Waals surface area contributed by atoms with Gasteiger partial charge in [-0.05, 0) is 48.1 Å². The Balaban J connectivity index is 1.51. The number of halogens is 2. The number of nitrogens with one attached hydrogen (secondary N) is 2. The van der Waals surface area contributed by atoms with Crippen molar-refractivity contribution in [1.29, 1.82) is 0 Å². The van der Waals surface area contributed by atoms with Crippen LogP contribution in [-0.4, -0.2) is 11.9 Å². The highest BCUT2D eigenvalue weighted by Gasteiger charge is 2.13. The van der Waals surface area contributed by atoms with Crippen LogP contribution in [0.3, 0.4) is 0 Å². The van der Waals surface area contributed by atoms with E-state index in [1.54, 1.807) is 0 Å². The maximum absolute atomic E-state index is 13.5. The van der Waals surface area contributed by atoms with Gasteiger partial charge in [-0.25, -0.2) is 8.78 Å². The van der Waals surface area contributed by atoms with Gasteiger partial charge in [0.15, 0.2) is 16.6 Å². The van der Waals surface area contributed by atoms with Crippen molar-refractivity contribution in [1.82, 2.24) is 10.6 Å². The second-order valence-electron chi connectivity index (χ2n) is 4.96. The van der Waals surface area contributed by atoms with Crippen molar-refractivity contribution in [3.05, 3.63) is 59.2 Å². The van der Waals surface area contributed by atoms with E-state index in [1.165, 1.54) is 0 Å². The van der Waals surface area contributed by atoms with Crippen molar-refractivity contribution < 1.29 is 18.3 Å². The SMILES string of the molecule is Fc1ccc(F)c(CNC(=S)NCc2ccc3c(c2)OCO3)c1. The van der Waals surface area contributed by atoms with Crippen molar-refractivity contribution in [3.63, 3.8) is 0 Å². The zero-order valence-electron chi connectivity index (χ0n) is 12.1. The van der Waals surface area contributed by atoms with Gasteiger partial charge in [-0.3, -0.25) is 0 Å². The van der Waals surface area contributed by atoms with Crippen LogP contribution in [0.2, 0.25) is 0 Å².